The quantitative estimate of drug-likeness (QED) is 0.778. The highest BCUT2D eigenvalue weighted by atomic mass is 32.1. The number of benzene rings is 1. The molecule has 29 heavy (non-hydrogen) atoms. The van der Waals surface area contributed by atoms with Gasteiger partial charge in [-0.3, -0.25) is 9.59 Å². The number of hydrogen-bond acceptors (Lipinski definition) is 7. The molecular formula is C20H24N4O4S. The van der Waals surface area contributed by atoms with Crippen LogP contribution in [-0.4, -0.2) is 59.3 Å². The Morgan fingerprint density at radius 1 is 1.24 bits per heavy atom. The number of nitrogens with one attached hydrogen (secondary N) is 1. The summed E-state index contributed by atoms with van der Waals surface area (Å²) in [5, 5.41) is 10.8. The van der Waals surface area contributed by atoms with Gasteiger partial charge in [0, 0.05) is 25.3 Å². The van der Waals surface area contributed by atoms with Crippen molar-refractivity contribution in [3.05, 3.63) is 35.3 Å². The summed E-state index contributed by atoms with van der Waals surface area (Å²) < 4.78 is 11.3. The van der Waals surface area contributed by atoms with E-state index in [2.05, 4.69) is 15.5 Å². The molecule has 0 spiro atoms. The highest BCUT2D eigenvalue weighted by Gasteiger charge is 2.29. The van der Waals surface area contributed by atoms with Crippen molar-refractivity contribution in [2.24, 2.45) is 5.92 Å². The lowest BCUT2D eigenvalue weighted by molar-refractivity contribution is -0.121. The molecular weight excluding hydrogens is 392 g/mol. The number of ether oxygens (including phenoxy) is 2. The number of hydrogen-bond donors (Lipinski definition) is 1. The fourth-order valence-electron chi connectivity index (χ4n) is 3.65. The van der Waals surface area contributed by atoms with Crippen molar-refractivity contribution in [1.82, 2.24) is 15.1 Å². The average Bonchev–Trinajstić information content (AvgIpc) is 3.46. The zero-order valence-corrected chi connectivity index (χ0v) is 16.9. The highest BCUT2D eigenvalue weighted by Crippen LogP contribution is 2.22. The molecule has 9 heteroatoms. The first-order valence-corrected chi connectivity index (χ1v) is 10.8. The van der Waals surface area contributed by atoms with Crippen molar-refractivity contribution in [2.75, 3.05) is 31.6 Å². The van der Waals surface area contributed by atoms with Gasteiger partial charge in [0.25, 0.3) is 5.91 Å². The van der Waals surface area contributed by atoms with Crippen molar-refractivity contribution in [3.8, 4) is 5.75 Å². The van der Waals surface area contributed by atoms with Gasteiger partial charge >= 0.3 is 0 Å². The first-order chi connectivity index (χ1) is 14.2. The Hall–Kier alpha value is -2.52. The Kier molecular flexibility index (Phi) is 6.36. The number of carbonyl (C=O) groups excluding carboxylic acids is 2. The van der Waals surface area contributed by atoms with Crippen molar-refractivity contribution < 1.29 is 19.1 Å². The largest absolute Gasteiger partial charge is 0.491 e. The van der Waals surface area contributed by atoms with Crippen LogP contribution in [-0.2, 0) is 9.53 Å². The summed E-state index contributed by atoms with van der Waals surface area (Å²) in [5.41, 5.74) is 2.17. The molecule has 2 aliphatic rings. The third kappa shape index (κ3) is 5.10. The number of rotatable bonds is 6. The lowest BCUT2D eigenvalue weighted by Gasteiger charge is -2.32. The van der Waals surface area contributed by atoms with Crippen LogP contribution < -0.4 is 10.1 Å². The molecule has 2 atom stereocenters. The maximum absolute atomic E-state index is 12.9. The van der Waals surface area contributed by atoms with E-state index in [-0.39, 0.29) is 23.8 Å². The molecule has 2 fully saturated rings. The number of piperidine rings is 1. The molecule has 2 amide bonds. The van der Waals surface area contributed by atoms with Gasteiger partial charge in [-0.1, -0.05) is 11.3 Å². The molecule has 0 unspecified atom stereocenters. The summed E-state index contributed by atoms with van der Waals surface area (Å²) in [7, 11) is 0. The van der Waals surface area contributed by atoms with Gasteiger partial charge in [-0.2, -0.15) is 0 Å². The molecule has 3 heterocycles. The van der Waals surface area contributed by atoms with Crippen molar-refractivity contribution in [3.63, 3.8) is 0 Å². The third-order valence-electron chi connectivity index (χ3n) is 5.23. The monoisotopic (exact) mass is 416 g/mol. The van der Waals surface area contributed by atoms with Gasteiger partial charge in [0.1, 0.15) is 17.9 Å². The lowest BCUT2D eigenvalue weighted by atomic mass is 9.96. The van der Waals surface area contributed by atoms with E-state index in [0.29, 0.717) is 30.4 Å². The first-order valence-electron chi connectivity index (χ1n) is 9.90. The molecule has 1 aromatic heterocycles. The maximum Gasteiger partial charge on any atom is 0.253 e. The normalized spacial score (nSPS) is 21.7. The minimum atomic E-state index is -0.245. The zero-order valence-electron chi connectivity index (χ0n) is 16.1. The number of likely N-dealkylation sites (tertiary alicyclic amines) is 1. The second kappa shape index (κ2) is 9.32. The summed E-state index contributed by atoms with van der Waals surface area (Å²) in [6.07, 6.45) is 3.82. The van der Waals surface area contributed by atoms with E-state index in [4.69, 9.17) is 9.47 Å². The number of amides is 2. The van der Waals surface area contributed by atoms with Gasteiger partial charge < -0.3 is 19.7 Å². The smallest absolute Gasteiger partial charge is 0.253 e. The molecule has 2 aliphatic heterocycles. The molecule has 0 radical (unpaired) electrons. The van der Waals surface area contributed by atoms with Crippen LogP contribution >= 0.6 is 11.3 Å². The first kappa shape index (κ1) is 19.8. The van der Waals surface area contributed by atoms with Crippen LogP contribution in [0.5, 0.6) is 5.75 Å². The van der Waals surface area contributed by atoms with Gasteiger partial charge in [0.05, 0.1) is 12.0 Å². The second-order valence-corrected chi connectivity index (χ2v) is 8.13. The number of carbonyl (C=O) groups is 2. The predicted octanol–water partition coefficient (Wildman–Crippen LogP) is 2.59. The average molecular weight is 417 g/mol. The Balaban J connectivity index is 1.31. The molecule has 0 bridgehead atoms. The summed E-state index contributed by atoms with van der Waals surface area (Å²) in [4.78, 5) is 27.1. The van der Waals surface area contributed by atoms with Crippen LogP contribution in [0.1, 0.15) is 36.0 Å². The Morgan fingerprint density at radius 3 is 2.83 bits per heavy atom. The van der Waals surface area contributed by atoms with E-state index in [1.807, 2.05) is 12.1 Å². The van der Waals surface area contributed by atoms with E-state index in [0.717, 1.165) is 38.0 Å². The molecule has 1 N–H and O–H groups in total. The van der Waals surface area contributed by atoms with Gasteiger partial charge in [0.2, 0.25) is 11.0 Å². The maximum atomic E-state index is 12.9. The van der Waals surface area contributed by atoms with Crippen molar-refractivity contribution in [1.29, 1.82) is 0 Å². The number of aromatic nitrogens is 2. The Labute approximate surface area is 173 Å². The van der Waals surface area contributed by atoms with Crippen molar-refractivity contribution >= 4 is 28.3 Å². The van der Waals surface area contributed by atoms with Crippen LogP contribution in [0.3, 0.4) is 0 Å². The molecule has 154 valence electrons. The number of nitrogens with zero attached hydrogens (tertiary/aromatic N) is 3. The van der Waals surface area contributed by atoms with Crippen LogP contribution in [0.4, 0.5) is 5.13 Å². The fraction of sp³-hybridized carbons (Fsp3) is 0.500. The number of anilines is 1. The predicted molar refractivity (Wildman–Crippen MR) is 108 cm³/mol. The third-order valence-corrected chi connectivity index (χ3v) is 5.84. The molecule has 8 nitrogen and oxygen atoms in total. The molecule has 0 aliphatic carbocycles. The van der Waals surface area contributed by atoms with Gasteiger partial charge in [-0.05, 0) is 49.9 Å². The van der Waals surface area contributed by atoms with Crippen LogP contribution in [0.25, 0.3) is 0 Å². The highest BCUT2D eigenvalue weighted by molar-refractivity contribution is 7.13. The second-order valence-electron chi connectivity index (χ2n) is 7.29. The zero-order chi connectivity index (χ0) is 20.1. The summed E-state index contributed by atoms with van der Waals surface area (Å²) >= 11 is 1.28. The minimum absolute atomic E-state index is 0.0657. The van der Waals surface area contributed by atoms with Gasteiger partial charge in [-0.15, -0.1) is 10.2 Å². The SMILES string of the molecule is O=C(Nc1nncs1)[C@@H]1CCCN(C(=O)c2ccc(OC[C@@H]3CCCO3)cc2)C1. The molecule has 0 saturated carbocycles. The van der Waals surface area contributed by atoms with Crippen LogP contribution in [0.15, 0.2) is 29.8 Å². The van der Waals surface area contributed by atoms with Crippen molar-refractivity contribution in [2.45, 2.75) is 31.8 Å². The standard InChI is InChI=1S/C20H24N4O4S/c25-18(22-20-23-21-13-29-20)15-3-1-9-24(11-15)19(26)14-5-7-16(8-6-14)28-12-17-4-2-10-27-17/h5-8,13,15,17H,1-4,9-12H2,(H,22,23,25)/t15-,17+/m1/s1. The van der Waals surface area contributed by atoms with Crippen LogP contribution in [0, 0.1) is 5.92 Å². The van der Waals surface area contributed by atoms with Gasteiger partial charge in [0.15, 0.2) is 0 Å². The van der Waals surface area contributed by atoms with Crippen LogP contribution in [0.2, 0.25) is 0 Å². The molecule has 2 aromatic rings. The molecule has 4 rings (SSSR count). The minimum Gasteiger partial charge on any atom is -0.491 e. The molecule has 1 aromatic carbocycles. The molecule has 2 saturated heterocycles. The van der Waals surface area contributed by atoms with Gasteiger partial charge in [-0.25, -0.2) is 0 Å². The Bertz CT molecular complexity index is 822. The fourth-order valence-corrected chi connectivity index (χ4v) is 4.10. The Morgan fingerprint density at radius 2 is 2.10 bits per heavy atom. The topological polar surface area (TPSA) is 93.7 Å². The summed E-state index contributed by atoms with van der Waals surface area (Å²) in [5.74, 6) is 0.303. The summed E-state index contributed by atoms with van der Waals surface area (Å²) in [6, 6.07) is 7.17. The van der Waals surface area contributed by atoms with E-state index in [9.17, 15) is 9.59 Å². The van der Waals surface area contributed by atoms with E-state index in [1.165, 1.54) is 11.3 Å². The van der Waals surface area contributed by atoms with E-state index in [1.54, 1.807) is 22.5 Å². The van der Waals surface area contributed by atoms with E-state index >= 15 is 0 Å². The summed E-state index contributed by atoms with van der Waals surface area (Å²) in [6.45, 7) is 2.39. The van der Waals surface area contributed by atoms with E-state index < -0.39 is 0 Å². The lowest BCUT2D eigenvalue weighted by Crippen LogP contribution is -2.43.